The zero-order valence-electron chi connectivity index (χ0n) is 14.7. The highest BCUT2D eigenvalue weighted by atomic mass is 32.2. The summed E-state index contributed by atoms with van der Waals surface area (Å²) in [7, 11) is 0. The van der Waals surface area contributed by atoms with Crippen LogP contribution in [-0.4, -0.2) is 17.1 Å². The molecule has 0 atom stereocenters. The van der Waals surface area contributed by atoms with Gasteiger partial charge in [0.15, 0.2) is 0 Å². The SMILES string of the molecule is CSc1ccc(C)c(C(=O)Nc2ccc(SCc3cccnc3)cc2)c1. The molecule has 26 heavy (non-hydrogen) atoms. The van der Waals surface area contributed by atoms with Crippen molar-refractivity contribution in [3.8, 4) is 0 Å². The maximum absolute atomic E-state index is 12.6. The van der Waals surface area contributed by atoms with E-state index in [2.05, 4.69) is 16.4 Å². The van der Waals surface area contributed by atoms with Crippen molar-refractivity contribution in [3.63, 3.8) is 0 Å². The Balaban J connectivity index is 1.63. The zero-order valence-corrected chi connectivity index (χ0v) is 16.4. The fourth-order valence-corrected chi connectivity index (χ4v) is 3.73. The summed E-state index contributed by atoms with van der Waals surface area (Å²) >= 11 is 3.38. The van der Waals surface area contributed by atoms with E-state index in [1.54, 1.807) is 29.7 Å². The molecule has 0 saturated heterocycles. The van der Waals surface area contributed by atoms with Gasteiger partial charge in [0.05, 0.1) is 0 Å². The Kier molecular flexibility index (Phi) is 6.36. The fourth-order valence-electron chi connectivity index (χ4n) is 2.46. The van der Waals surface area contributed by atoms with E-state index in [4.69, 9.17) is 0 Å². The summed E-state index contributed by atoms with van der Waals surface area (Å²) in [6, 6.07) is 17.9. The van der Waals surface area contributed by atoms with E-state index >= 15 is 0 Å². The largest absolute Gasteiger partial charge is 0.322 e. The summed E-state index contributed by atoms with van der Waals surface area (Å²) in [5, 5.41) is 2.98. The van der Waals surface area contributed by atoms with Gasteiger partial charge in [0, 0.05) is 39.2 Å². The molecule has 5 heteroatoms. The smallest absolute Gasteiger partial charge is 0.255 e. The molecule has 0 aliphatic rings. The quantitative estimate of drug-likeness (QED) is 0.561. The van der Waals surface area contributed by atoms with Crippen molar-refractivity contribution in [1.82, 2.24) is 4.98 Å². The lowest BCUT2D eigenvalue weighted by Gasteiger charge is -2.10. The highest BCUT2D eigenvalue weighted by Crippen LogP contribution is 2.25. The molecule has 1 heterocycles. The number of benzene rings is 2. The van der Waals surface area contributed by atoms with Crippen LogP contribution in [-0.2, 0) is 5.75 Å². The maximum Gasteiger partial charge on any atom is 0.255 e. The third-order valence-corrected chi connectivity index (χ3v) is 5.74. The highest BCUT2D eigenvalue weighted by molar-refractivity contribution is 7.98. The molecule has 3 aromatic rings. The number of anilines is 1. The number of carbonyl (C=O) groups is 1. The molecule has 0 aliphatic heterocycles. The Bertz CT molecular complexity index is 880. The normalized spacial score (nSPS) is 10.5. The number of amides is 1. The lowest BCUT2D eigenvalue weighted by atomic mass is 10.1. The molecular formula is C21H20N2OS2. The summed E-state index contributed by atoms with van der Waals surface area (Å²) in [6.07, 6.45) is 5.67. The molecule has 132 valence electrons. The second kappa shape index (κ2) is 8.92. The lowest BCUT2D eigenvalue weighted by Crippen LogP contribution is -2.13. The number of aromatic nitrogens is 1. The van der Waals surface area contributed by atoms with E-state index in [9.17, 15) is 4.79 Å². The van der Waals surface area contributed by atoms with Crippen LogP contribution in [0.25, 0.3) is 0 Å². The number of pyridine rings is 1. The predicted molar refractivity (Wildman–Crippen MR) is 111 cm³/mol. The second-order valence-electron chi connectivity index (χ2n) is 5.81. The number of rotatable bonds is 6. The van der Waals surface area contributed by atoms with Gasteiger partial charge in [-0.15, -0.1) is 23.5 Å². The molecule has 0 unspecified atom stereocenters. The average molecular weight is 381 g/mol. The van der Waals surface area contributed by atoms with Crippen molar-refractivity contribution < 1.29 is 4.79 Å². The molecule has 0 saturated carbocycles. The minimum absolute atomic E-state index is 0.0748. The Morgan fingerprint density at radius 3 is 2.54 bits per heavy atom. The molecule has 0 spiro atoms. The summed E-state index contributed by atoms with van der Waals surface area (Å²) in [5.41, 5.74) is 3.68. The van der Waals surface area contributed by atoms with Crippen LogP contribution in [0.3, 0.4) is 0 Å². The third kappa shape index (κ3) is 4.90. The standard InChI is InChI=1S/C21H20N2OS2/c1-15-5-8-19(25-2)12-20(15)21(24)23-17-6-9-18(10-7-17)26-14-16-4-3-11-22-13-16/h3-13H,14H2,1-2H3,(H,23,24). The Morgan fingerprint density at radius 2 is 1.85 bits per heavy atom. The predicted octanol–water partition coefficient (Wildman–Crippen LogP) is 5.66. The van der Waals surface area contributed by atoms with Crippen LogP contribution in [0.4, 0.5) is 5.69 Å². The zero-order chi connectivity index (χ0) is 18.4. The van der Waals surface area contributed by atoms with E-state index in [0.29, 0.717) is 5.56 Å². The molecular weight excluding hydrogens is 360 g/mol. The van der Waals surface area contributed by atoms with Crippen molar-refractivity contribution in [1.29, 1.82) is 0 Å². The van der Waals surface area contributed by atoms with Gasteiger partial charge in [-0.2, -0.15) is 0 Å². The molecule has 3 nitrogen and oxygen atoms in total. The van der Waals surface area contributed by atoms with E-state index in [-0.39, 0.29) is 5.91 Å². The monoisotopic (exact) mass is 380 g/mol. The average Bonchev–Trinajstić information content (AvgIpc) is 2.68. The first-order valence-corrected chi connectivity index (χ1v) is 10.4. The van der Waals surface area contributed by atoms with Gasteiger partial charge in [-0.05, 0) is 66.8 Å². The maximum atomic E-state index is 12.6. The van der Waals surface area contributed by atoms with Crippen LogP contribution in [0.5, 0.6) is 0 Å². The number of hydrogen-bond acceptors (Lipinski definition) is 4. The van der Waals surface area contributed by atoms with Crippen LogP contribution in [0.1, 0.15) is 21.5 Å². The van der Waals surface area contributed by atoms with Gasteiger partial charge in [-0.25, -0.2) is 0 Å². The van der Waals surface area contributed by atoms with Crippen LogP contribution < -0.4 is 5.32 Å². The van der Waals surface area contributed by atoms with Crippen LogP contribution in [0.15, 0.2) is 76.8 Å². The molecule has 1 N–H and O–H groups in total. The highest BCUT2D eigenvalue weighted by Gasteiger charge is 2.10. The fraction of sp³-hybridized carbons (Fsp3) is 0.143. The minimum atomic E-state index is -0.0748. The van der Waals surface area contributed by atoms with Gasteiger partial charge in [0.2, 0.25) is 0 Å². The molecule has 1 aromatic heterocycles. The van der Waals surface area contributed by atoms with Gasteiger partial charge in [0.1, 0.15) is 0 Å². The van der Waals surface area contributed by atoms with E-state index in [1.165, 1.54) is 5.56 Å². The van der Waals surface area contributed by atoms with Crippen molar-refractivity contribution in [2.75, 3.05) is 11.6 Å². The third-order valence-electron chi connectivity index (χ3n) is 3.93. The summed E-state index contributed by atoms with van der Waals surface area (Å²) in [5.74, 6) is 0.800. The summed E-state index contributed by atoms with van der Waals surface area (Å²) in [4.78, 5) is 18.9. The van der Waals surface area contributed by atoms with Gasteiger partial charge >= 0.3 is 0 Å². The molecule has 0 aliphatic carbocycles. The Morgan fingerprint density at radius 1 is 1.08 bits per heavy atom. The molecule has 0 fully saturated rings. The van der Waals surface area contributed by atoms with E-state index in [0.717, 1.165) is 26.8 Å². The number of thioether (sulfide) groups is 2. The molecule has 2 aromatic carbocycles. The van der Waals surface area contributed by atoms with Gasteiger partial charge < -0.3 is 5.32 Å². The van der Waals surface area contributed by atoms with Crippen molar-refractivity contribution in [3.05, 3.63) is 83.7 Å². The number of nitrogens with zero attached hydrogens (tertiary/aromatic N) is 1. The number of carbonyl (C=O) groups excluding carboxylic acids is 1. The summed E-state index contributed by atoms with van der Waals surface area (Å²) in [6.45, 7) is 1.96. The van der Waals surface area contributed by atoms with E-state index in [1.807, 2.05) is 67.9 Å². The topological polar surface area (TPSA) is 42.0 Å². The van der Waals surface area contributed by atoms with Crippen molar-refractivity contribution in [2.45, 2.75) is 22.5 Å². The lowest BCUT2D eigenvalue weighted by molar-refractivity contribution is 0.102. The second-order valence-corrected chi connectivity index (χ2v) is 7.74. The molecule has 3 rings (SSSR count). The van der Waals surface area contributed by atoms with Crippen LogP contribution in [0, 0.1) is 6.92 Å². The van der Waals surface area contributed by atoms with Gasteiger partial charge in [-0.1, -0.05) is 12.1 Å². The first-order valence-electron chi connectivity index (χ1n) is 8.23. The first kappa shape index (κ1) is 18.5. The van der Waals surface area contributed by atoms with Gasteiger partial charge in [-0.3, -0.25) is 9.78 Å². The summed E-state index contributed by atoms with van der Waals surface area (Å²) < 4.78 is 0. The molecule has 0 radical (unpaired) electrons. The number of aryl methyl sites for hydroxylation is 1. The van der Waals surface area contributed by atoms with Crippen molar-refractivity contribution in [2.24, 2.45) is 0 Å². The van der Waals surface area contributed by atoms with Gasteiger partial charge in [0.25, 0.3) is 5.91 Å². The molecule has 0 bridgehead atoms. The molecule has 1 amide bonds. The Labute approximate surface area is 162 Å². The number of hydrogen-bond donors (Lipinski definition) is 1. The van der Waals surface area contributed by atoms with Crippen molar-refractivity contribution >= 4 is 35.1 Å². The Hall–Kier alpha value is -2.24. The minimum Gasteiger partial charge on any atom is -0.322 e. The number of nitrogens with one attached hydrogen (secondary N) is 1. The van der Waals surface area contributed by atoms with Crippen LogP contribution >= 0.6 is 23.5 Å². The first-order chi connectivity index (χ1) is 12.7. The van der Waals surface area contributed by atoms with E-state index < -0.39 is 0 Å². The van der Waals surface area contributed by atoms with Crippen LogP contribution in [0.2, 0.25) is 0 Å².